The van der Waals surface area contributed by atoms with Crippen LogP contribution in [0.5, 0.6) is 5.75 Å². The monoisotopic (exact) mass is 366 g/mol. The van der Waals surface area contributed by atoms with E-state index in [4.69, 9.17) is 4.74 Å². The Balaban J connectivity index is 1.77. The second-order valence-electron chi connectivity index (χ2n) is 7.04. The molecule has 5 heteroatoms. The molecule has 2 aromatic carbocycles. The molecule has 0 N–H and O–H groups in total. The van der Waals surface area contributed by atoms with Crippen LogP contribution in [0, 0.1) is 0 Å². The fourth-order valence-corrected chi connectivity index (χ4v) is 3.37. The molecule has 0 fully saturated rings. The van der Waals surface area contributed by atoms with Gasteiger partial charge in [0.05, 0.1) is 6.10 Å². The quantitative estimate of drug-likeness (QED) is 0.809. The number of aryl methyl sites for hydroxylation is 1. The average molecular weight is 366 g/mol. The van der Waals surface area contributed by atoms with E-state index in [1.54, 1.807) is 4.90 Å². The zero-order valence-electron chi connectivity index (χ0n) is 16.1. The summed E-state index contributed by atoms with van der Waals surface area (Å²) in [6.45, 7) is 6.11. The van der Waals surface area contributed by atoms with Gasteiger partial charge in [-0.25, -0.2) is 0 Å². The lowest BCUT2D eigenvalue weighted by atomic mass is 10.0. The molecule has 0 bridgehead atoms. The number of rotatable bonds is 5. The van der Waals surface area contributed by atoms with Crippen LogP contribution in [0.25, 0.3) is 0 Å². The van der Waals surface area contributed by atoms with E-state index in [-0.39, 0.29) is 24.5 Å². The smallest absolute Gasteiger partial charge is 0.247 e. The summed E-state index contributed by atoms with van der Waals surface area (Å²) in [6.07, 6.45) is 2.00. The van der Waals surface area contributed by atoms with Gasteiger partial charge < -0.3 is 14.5 Å². The molecule has 1 aliphatic rings. The summed E-state index contributed by atoms with van der Waals surface area (Å²) >= 11 is 0. The highest BCUT2D eigenvalue weighted by atomic mass is 16.5. The van der Waals surface area contributed by atoms with Crippen molar-refractivity contribution in [1.82, 2.24) is 0 Å². The Morgan fingerprint density at radius 3 is 2.48 bits per heavy atom. The molecule has 1 heterocycles. The summed E-state index contributed by atoms with van der Waals surface area (Å²) in [7, 11) is 0. The van der Waals surface area contributed by atoms with Crippen molar-refractivity contribution in [2.75, 3.05) is 22.9 Å². The summed E-state index contributed by atoms with van der Waals surface area (Å²) in [6, 6.07) is 15.3. The minimum absolute atomic E-state index is 0.0219. The molecule has 0 saturated heterocycles. The van der Waals surface area contributed by atoms with E-state index in [1.165, 1.54) is 17.4 Å². The Hall–Kier alpha value is -2.82. The van der Waals surface area contributed by atoms with Crippen LogP contribution in [0.2, 0.25) is 0 Å². The van der Waals surface area contributed by atoms with Crippen molar-refractivity contribution in [3.8, 4) is 5.75 Å². The van der Waals surface area contributed by atoms with Gasteiger partial charge in [-0.2, -0.15) is 0 Å². The summed E-state index contributed by atoms with van der Waals surface area (Å²) in [5, 5.41) is 0. The van der Waals surface area contributed by atoms with Gasteiger partial charge in [-0.15, -0.1) is 0 Å². The Morgan fingerprint density at radius 1 is 1.11 bits per heavy atom. The molecule has 5 nitrogen and oxygen atoms in total. The molecular formula is C22H26N2O3. The molecule has 0 aliphatic carbocycles. The number of para-hydroxylation sites is 1. The van der Waals surface area contributed by atoms with Gasteiger partial charge in [0.2, 0.25) is 11.8 Å². The normalized spacial score (nSPS) is 13.3. The molecule has 27 heavy (non-hydrogen) atoms. The van der Waals surface area contributed by atoms with E-state index in [1.807, 2.05) is 56.3 Å². The molecule has 2 aromatic rings. The molecule has 0 atom stereocenters. The number of fused-ring (bicyclic) bond motifs is 1. The number of nitrogens with zero attached hydrogens (tertiary/aromatic N) is 2. The first-order valence-corrected chi connectivity index (χ1v) is 9.39. The van der Waals surface area contributed by atoms with Gasteiger partial charge in [0.25, 0.3) is 0 Å². The highest BCUT2D eigenvalue weighted by molar-refractivity contribution is 6.03. The first-order valence-electron chi connectivity index (χ1n) is 9.39. The molecular weight excluding hydrogens is 340 g/mol. The molecule has 0 saturated carbocycles. The number of ether oxygens (including phenoxy) is 1. The van der Waals surface area contributed by atoms with Gasteiger partial charge in [-0.1, -0.05) is 18.2 Å². The van der Waals surface area contributed by atoms with Crippen LogP contribution in [-0.2, 0) is 16.0 Å². The van der Waals surface area contributed by atoms with Crippen molar-refractivity contribution in [3.05, 3.63) is 54.1 Å². The zero-order chi connectivity index (χ0) is 19.4. The predicted molar refractivity (Wildman–Crippen MR) is 107 cm³/mol. The predicted octanol–water partition coefficient (Wildman–Crippen LogP) is 3.81. The van der Waals surface area contributed by atoms with Crippen molar-refractivity contribution in [2.24, 2.45) is 0 Å². The Kier molecular flexibility index (Phi) is 5.79. The van der Waals surface area contributed by atoms with E-state index >= 15 is 0 Å². The lowest BCUT2D eigenvalue weighted by molar-refractivity contribution is -0.121. The maximum absolute atomic E-state index is 13.0. The zero-order valence-corrected chi connectivity index (χ0v) is 16.1. The van der Waals surface area contributed by atoms with E-state index in [9.17, 15) is 9.59 Å². The minimum atomic E-state index is -0.161. The van der Waals surface area contributed by atoms with Crippen LogP contribution < -0.4 is 14.5 Å². The standard InChI is InChI=1S/C22H26N2O3/c1-16(2)27-20-12-10-19(11-13-20)24(17(3)25)15-22(26)23-14-6-8-18-7-4-5-9-21(18)23/h4-5,7,9-13,16H,6,8,14-15H2,1-3H3. The number of carbonyl (C=O) groups is 2. The number of amides is 2. The number of anilines is 2. The SMILES string of the molecule is CC(=O)N(CC(=O)N1CCCc2ccccc21)c1ccc(OC(C)C)cc1. The molecule has 0 spiro atoms. The fourth-order valence-electron chi connectivity index (χ4n) is 3.37. The molecule has 3 rings (SSSR count). The topological polar surface area (TPSA) is 49.9 Å². The maximum atomic E-state index is 13.0. The second kappa shape index (κ2) is 8.25. The summed E-state index contributed by atoms with van der Waals surface area (Å²) in [5.74, 6) is 0.513. The van der Waals surface area contributed by atoms with Crippen LogP contribution in [0.15, 0.2) is 48.5 Å². The van der Waals surface area contributed by atoms with Crippen LogP contribution in [0.1, 0.15) is 32.8 Å². The fraction of sp³-hybridized carbons (Fsp3) is 0.364. The highest BCUT2D eigenvalue weighted by Crippen LogP contribution is 2.27. The number of hydrogen-bond donors (Lipinski definition) is 0. The van der Waals surface area contributed by atoms with E-state index in [2.05, 4.69) is 6.07 Å². The molecule has 1 aliphatic heterocycles. The first kappa shape index (κ1) is 19.0. The lowest BCUT2D eigenvalue weighted by Gasteiger charge is -2.31. The summed E-state index contributed by atoms with van der Waals surface area (Å²) < 4.78 is 5.65. The van der Waals surface area contributed by atoms with Crippen molar-refractivity contribution in [2.45, 2.75) is 39.7 Å². The van der Waals surface area contributed by atoms with Gasteiger partial charge in [0.1, 0.15) is 12.3 Å². The second-order valence-corrected chi connectivity index (χ2v) is 7.04. The van der Waals surface area contributed by atoms with E-state index in [0.717, 1.165) is 24.3 Å². The maximum Gasteiger partial charge on any atom is 0.247 e. The van der Waals surface area contributed by atoms with Crippen LogP contribution in [0.3, 0.4) is 0 Å². The van der Waals surface area contributed by atoms with Gasteiger partial charge >= 0.3 is 0 Å². The van der Waals surface area contributed by atoms with Gasteiger partial charge in [-0.05, 0) is 62.6 Å². The van der Waals surface area contributed by atoms with Crippen LogP contribution in [0.4, 0.5) is 11.4 Å². The average Bonchev–Trinajstić information content (AvgIpc) is 2.65. The van der Waals surface area contributed by atoms with Crippen LogP contribution >= 0.6 is 0 Å². The largest absolute Gasteiger partial charge is 0.491 e. The van der Waals surface area contributed by atoms with Gasteiger partial charge in [0, 0.05) is 24.8 Å². The number of hydrogen-bond acceptors (Lipinski definition) is 3. The van der Waals surface area contributed by atoms with Crippen molar-refractivity contribution in [1.29, 1.82) is 0 Å². The van der Waals surface area contributed by atoms with Crippen molar-refractivity contribution < 1.29 is 14.3 Å². The summed E-state index contributed by atoms with van der Waals surface area (Å²) in [4.78, 5) is 28.5. The third-order valence-electron chi connectivity index (χ3n) is 4.60. The molecule has 0 radical (unpaired) electrons. The van der Waals surface area contributed by atoms with Crippen molar-refractivity contribution >= 4 is 23.2 Å². The van der Waals surface area contributed by atoms with Crippen LogP contribution in [-0.4, -0.2) is 31.0 Å². The van der Waals surface area contributed by atoms with E-state index < -0.39 is 0 Å². The number of carbonyl (C=O) groups excluding carboxylic acids is 2. The third-order valence-corrected chi connectivity index (χ3v) is 4.60. The molecule has 0 unspecified atom stereocenters. The molecule has 2 amide bonds. The molecule has 142 valence electrons. The minimum Gasteiger partial charge on any atom is -0.491 e. The Morgan fingerprint density at radius 2 is 1.81 bits per heavy atom. The van der Waals surface area contributed by atoms with Gasteiger partial charge in [0.15, 0.2) is 0 Å². The highest BCUT2D eigenvalue weighted by Gasteiger charge is 2.25. The number of benzene rings is 2. The Labute approximate surface area is 160 Å². The third kappa shape index (κ3) is 4.48. The van der Waals surface area contributed by atoms with Crippen molar-refractivity contribution in [3.63, 3.8) is 0 Å². The molecule has 0 aromatic heterocycles. The van der Waals surface area contributed by atoms with E-state index in [0.29, 0.717) is 12.2 Å². The first-order chi connectivity index (χ1) is 13.0. The Bertz CT molecular complexity index is 815. The van der Waals surface area contributed by atoms with Gasteiger partial charge in [-0.3, -0.25) is 9.59 Å². The lowest BCUT2D eigenvalue weighted by Crippen LogP contribution is -2.44. The summed E-state index contributed by atoms with van der Waals surface area (Å²) in [5.41, 5.74) is 2.83.